The quantitative estimate of drug-likeness (QED) is 0.0503. The van der Waals surface area contributed by atoms with Gasteiger partial charge in [0.25, 0.3) is 0 Å². The van der Waals surface area contributed by atoms with Gasteiger partial charge >= 0.3 is 0 Å². The molecular formula is C47H62N2O9. The van der Waals surface area contributed by atoms with Crippen LogP contribution in [0.2, 0.25) is 0 Å². The van der Waals surface area contributed by atoms with Gasteiger partial charge in [-0.3, -0.25) is 4.79 Å². The van der Waals surface area contributed by atoms with Crippen molar-refractivity contribution in [2.75, 3.05) is 90.7 Å². The van der Waals surface area contributed by atoms with E-state index < -0.39 is 0 Å². The monoisotopic (exact) mass is 798 g/mol. The smallest absolute Gasteiger partial charge is 0.217 e. The number of hydrogen-bond donors (Lipinski definition) is 1. The molecule has 0 unspecified atom stereocenters. The molecule has 1 aromatic heterocycles. The first-order chi connectivity index (χ1) is 28.4. The van der Waals surface area contributed by atoms with Crippen LogP contribution in [0.1, 0.15) is 64.5 Å². The number of aromatic nitrogens is 1. The first-order valence-corrected chi connectivity index (χ1v) is 20.7. The topological polar surface area (TPSA) is 118 Å². The number of hydrogen-bond acceptors (Lipinski definition) is 11. The third-order valence-corrected chi connectivity index (χ3v) is 10.3. The van der Waals surface area contributed by atoms with E-state index in [1.54, 1.807) is 0 Å². The first kappa shape index (κ1) is 44.7. The fraction of sp³-hybridized carbons (Fsp3) is 0.489. The van der Waals surface area contributed by atoms with Crippen molar-refractivity contribution in [1.29, 1.82) is 0 Å². The van der Waals surface area contributed by atoms with Gasteiger partial charge in [0.15, 0.2) is 5.78 Å². The number of Topliss-reactive ketones (excluding diaryl/α,β-unsaturated/α-hetero) is 1. The molecule has 11 heteroatoms. The summed E-state index contributed by atoms with van der Waals surface area (Å²) in [6, 6.07) is 24.8. The minimum Gasteiger partial charge on any atom is -0.491 e. The van der Waals surface area contributed by atoms with Gasteiger partial charge < -0.3 is 43.2 Å². The number of aryl methyl sites for hydroxylation is 2. The van der Waals surface area contributed by atoms with Crippen molar-refractivity contribution in [3.63, 3.8) is 0 Å². The lowest BCUT2D eigenvalue weighted by Crippen LogP contribution is -2.40. The van der Waals surface area contributed by atoms with Gasteiger partial charge in [-0.2, -0.15) is 0 Å². The number of anilines is 1. The highest BCUT2D eigenvalue weighted by molar-refractivity contribution is 6.00. The normalized spacial score (nSPS) is 13.1. The molecule has 5 rings (SSSR count). The summed E-state index contributed by atoms with van der Waals surface area (Å²) in [5.74, 6) is 1.43. The van der Waals surface area contributed by atoms with Crippen LogP contribution in [0.3, 0.4) is 0 Å². The molecule has 1 aliphatic rings. The van der Waals surface area contributed by atoms with Crippen LogP contribution in [0.5, 0.6) is 11.6 Å². The first-order valence-electron chi connectivity index (χ1n) is 20.7. The van der Waals surface area contributed by atoms with E-state index in [-0.39, 0.29) is 12.4 Å². The van der Waals surface area contributed by atoms with E-state index in [0.29, 0.717) is 90.8 Å². The predicted octanol–water partition coefficient (Wildman–Crippen LogP) is 7.51. The minimum atomic E-state index is 0.0136. The summed E-state index contributed by atoms with van der Waals surface area (Å²) in [6.45, 7) is 15.0. The zero-order valence-electron chi connectivity index (χ0n) is 34.8. The summed E-state index contributed by atoms with van der Waals surface area (Å²) in [4.78, 5) is 21.5. The van der Waals surface area contributed by atoms with Gasteiger partial charge in [0, 0.05) is 54.7 Å². The molecular weight excluding hydrogens is 737 g/mol. The predicted molar refractivity (Wildman–Crippen MR) is 226 cm³/mol. The Hall–Kier alpha value is -4.36. The Morgan fingerprint density at radius 2 is 1.41 bits per heavy atom. The molecule has 0 bridgehead atoms. The zero-order valence-corrected chi connectivity index (χ0v) is 34.8. The second-order valence-electron chi connectivity index (χ2n) is 14.4. The highest BCUT2D eigenvalue weighted by Crippen LogP contribution is 2.35. The number of aliphatic hydroxyl groups is 1. The average Bonchev–Trinajstić information content (AvgIpc) is 3.24. The van der Waals surface area contributed by atoms with E-state index in [0.717, 1.165) is 88.7 Å². The Bertz CT molecular complexity index is 1810. The third-order valence-electron chi connectivity index (χ3n) is 10.3. The van der Waals surface area contributed by atoms with Crippen LogP contribution in [0.25, 0.3) is 11.1 Å². The number of carbonyl (C=O) groups is 1. The molecule has 314 valence electrons. The lowest BCUT2D eigenvalue weighted by Gasteiger charge is -2.37. The van der Waals surface area contributed by atoms with Crippen molar-refractivity contribution in [2.45, 2.75) is 66.0 Å². The van der Waals surface area contributed by atoms with E-state index in [1.807, 2.05) is 49.4 Å². The highest BCUT2D eigenvalue weighted by Gasteiger charge is 2.25. The van der Waals surface area contributed by atoms with Gasteiger partial charge in [-0.1, -0.05) is 42.5 Å². The molecule has 0 saturated carbocycles. The van der Waals surface area contributed by atoms with E-state index in [1.165, 1.54) is 0 Å². The molecule has 0 aliphatic carbocycles. The molecule has 0 spiro atoms. The van der Waals surface area contributed by atoms with Crippen LogP contribution < -0.4 is 14.4 Å². The van der Waals surface area contributed by atoms with Gasteiger partial charge in [0.2, 0.25) is 5.88 Å². The maximum Gasteiger partial charge on any atom is 0.217 e. The summed E-state index contributed by atoms with van der Waals surface area (Å²) in [6.07, 6.45) is 2.76. The summed E-state index contributed by atoms with van der Waals surface area (Å²) in [7, 11) is 0. The van der Waals surface area contributed by atoms with E-state index in [4.69, 9.17) is 43.2 Å². The minimum absolute atomic E-state index is 0.0136. The number of ketones is 1. The number of pyridine rings is 1. The summed E-state index contributed by atoms with van der Waals surface area (Å²) in [5, 5.41) is 8.70. The fourth-order valence-electron chi connectivity index (χ4n) is 7.22. The molecule has 58 heavy (non-hydrogen) atoms. The molecule has 1 N–H and O–H groups in total. The van der Waals surface area contributed by atoms with Crippen molar-refractivity contribution in [2.24, 2.45) is 0 Å². The maximum atomic E-state index is 14.3. The van der Waals surface area contributed by atoms with Crippen molar-refractivity contribution in [1.82, 2.24) is 4.98 Å². The number of nitrogens with zero attached hydrogens (tertiary/aromatic N) is 2. The largest absolute Gasteiger partial charge is 0.491 e. The maximum absolute atomic E-state index is 14.3. The molecule has 1 aliphatic heterocycles. The Labute approximate surface area is 344 Å². The van der Waals surface area contributed by atoms with Crippen LogP contribution in [-0.4, -0.2) is 108 Å². The van der Waals surface area contributed by atoms with E-state index in [2.05, 4.69) is 56.0 Å². The Balaban J connectivity index is 1.22. The number of carbonyl (C=O) groups excluding carboxylic acids is 1. The summed E-state index contributed by atoms with van der Waals surface area (Å²) < 4.78 is 39.7. The van der Waals surface area contributed by atoms with Crippen LogP contribution in [0, 0.1) is 20.8 Å². The Kier molecular flexibility index (Phi) is 18.9. The Morgan fingerprint density at radius 1 is 0.776 bits per heavy atom. The number of benzene rings is 3. The second-order valence-corrected chi connectivity index (χ2v) is 14.4. The Morgan fingerprint density at radius 3 is 2.05 bits per heavy atom. The highest BCUT2D eigenvalue weighted by atomic mass is 16.6. The molecule has 0 radical (unpaired) electrons. The molecule has 4 aromatic rings. The van der Waals surface area contributed by atoms with Gasteiger partial charge in [-0.25, -0.2) is 4.98 Å². The molecule has 1 fully saturated rings. The molecule has 11 nitrogen and oxygen atoms in total. The van der Waals surface area contributed by atoms with E-state index in [9.17, 15) is 4.79 Å². The van der Waals surface area contributed by atoms with Gasteiger partial charge in [0.05, 0.1) is 59.5 Å². The average molecular weight is 799 g/mol. The second kappa shape index (κ2) is 24.5. The van der Waals surface area contributed by atoms with Crippen LogP contribution in [0.4, 0.5) is 5.69 Å². The molecule has 3 aromatic carbocycles. The van der Waals surface area contributed by atoms with Crippen LogP contribution in [0.15, 0.2) is 72.8 Å². The molecule has 0 atom stereocenters. The third kappa shape index (κ3) is 13.9. The fourth-order valence-corrected chi connectivity index (χ4v) is 7.22. The van der Waals surface area contributed by atoms with E-state index >= 15 is 0 Å². The van der Waals surface area contributed by atoms with Crippen molar-refractivity contribution < 1.29 is 43.1 Å². The van der Waals surface area contributed by atoms with Crippen molar-refractivity contribution in [3.8, 4) is 22.8 Å². The molecule has 1 saturated heterocycles. The molecule has 0 amide bonds. The standard InChI is InChI=1S/C47H62N2O9/c1-5-49(41-17-20-52-21-18-41)45-33-40(39-11-13-42(14-12-39)57-30-29-56-28-27-55-26-25-54-24-23-53-22-19-50)32-44(37(45)4)46(51)16-15-43-35(2)31-36(3)48-47(43)58-34-38-9-7-6-8-10-38/h6-14,31-33,41,50H,5,15-30,34H2,1-4H3. The van der Waals surface area contributed by atoms with Gasteiger partial charge in [-0.05, 0) is 105 Å². The zero-order chi connectivity index (χ0) is 41.0. The number of ether oxygens (including phenoxy) is 7. The SMILES string of the molecule is CCN(c1cc(-c2ccc(OCCOCCOCCOCCOCCO)cc2)cc(C(=O)CCc2c(C)cc(C)nc2OCc2ccccc2)c1C)C1CCOCC1. The number of rotatable bonds is 26. The lowest BCUT2D eigenvalue weighted by molar-refractivity contribution is -0.00779. The van der Waals surface area contributed by atoms with Gasteiger partial charge in [0.1, 0.15) is 19.0 Å². The summed E-state index contributed by atoms with van der Waals surface area (Å²) >= 11 is 0. The lowest BCUT2D eigenvalue weighted by atomic mass is 9.91. The van der Waals surface area contributed by atoms with Crippen molar-refractivity contribution in [3.05, 3.63) is 106 Å². The van der Waals surface area contributed by atoms with Crippen LogP contribution >= 0.6 is 0 Å². The number of aliphatic hydroxyl groups excluding tert-OH is 1. The van der Waals surface area contributed by atoms with Gasteiger partial charge in [-0.15, -0.1) is 0 Å². The van der Waals surface area contributed by atoms with Crippen LogP contribution in [-0.2, 0) is 36.7 Å². The molecule has 2 heterocycles. The summed E-state index contributed by atoms with van der Waals surface area (Å²) in [5.41, 5.74) is 8.83. The van der Waals surface area contributed by atoms with Crippen molar-refractivity contribution >= 4 is 11.5 Å².